The number of rotatable bonds is 3. The van der Waals surface area contributed by atoms with Crippen molar-refractivity contribution < 1.29 is 49.8 Å². The Hall–Kier alpha value is -1.44. The number of aliphatic hydroxyl groups is 1. The van der Waals surface area contributed by atoms with Crippen LogP contribution in [0.15, 0.2) is 24.3 Å². The van der Waals surface area contributed by atoms with Gasteiger partial charge in [-0.25, -0.2) is 0 Å². The zero-order valence-electron chi connectivity index (χ0n) is 23.9. The normalized spacial score (nSPS) is 46.9. The summed E-state index contributed by atoms with van der Waals surface area (Å²) in [6.07, 6.45) is 5.77. The number of ether oxygens (including phenoxy) is 4. The first kappa shape index (κ1) is 29.3. The number of hydrogen-bond acceptors (Lipinski definition) is 8. The molecule has 0 unspecified atom stereocenters. The first-order valence-electron chi connectivity index (χ1n) is 15.2. The predicted molar refractivity (Wildman–Crippen MR) is 143 cm³/mol. The standard InChI is InChI=1S/C30H39F3O8S/c1-18-15-21-24-17-28-29(39-13-11-37-28,40-14-12-38-28)26(24,2)16-22(25(21)23-5-3-4-10-27(18,23)34)19-6-8-20(9-7-19)41-42(35,36)30(31,32)33/h6-9,18,21-25,34H,3-5,10-17H2,1-2H3/t18-,21+,22-,23-,24+,25-,26+,27+,28?,29?/m1/s1. The van der Waals surface area contributed by atoms with E-state index in [1.54, 1.807) is 12.1 Å². The molecule has 6 fully saturated rings. The Balaban J connectivity index is 1.32. The first-order chi connectivity index (χ1) is 19.8. The van der Waals surface area contributed by atoms with Gasteiger partial charge in [0.05, 0.1) is 32.0 Å². The third-order valence-electron chi connectivity index (χ3n) is 11.9. The van der Waals surface area contributed by atoms with Gasteiger partial charge in [-0.3, -0.25) is 0 Å². The van der Waals surface area contributed by atoms with E-state index in [-0.39, 0.29) is 35.5 Å². The summed E-state index contributed by atoms with van der Waals surface area (Å²) >= 11 is 0. The highest BCUT2D eigenvalue weighted by Gasteiger charge is 2.80. The van der Waals surface area contributed by atoms with Gasteiger partial charge < -0.3 is 28.2 Å². The molecule has 8 nitrogen and oxygen atoms in total. The molecule has 1 aromatic carbocycles. The second-order valence-electron chi connectivity index (χ2n) is 13.6. The van der Waals surface area contributed by atoms with Crippen LogP contribution in [0.1, 0.15) is 70.3 Å². The maximum absolute atomic E-state index is 13.0. The molecule has 2 aliphatic heterocycles. The van der Waals surface area contributed by atoms with E-state index in [1.807, 2.05) is 0 Å². The molecule has 0 spiro atoms. The van der Waals surface area contributed by atoms with Crippen molar-refractivity contribution in [3.05, 3.63) is 29.8 Å². The van der Waals surface area contributed by atoms with Gasteiger partial charge in [0.2, 0.25) is 11.6 Å². The average Bonchev–Trinajstić information content (AvgIpc) is 3.19. The minimum Gasteiger partial charge on any atom is -0.389 e. The quantitative estimate of drug-likeness (QED) is 0.370. The number of alkyl halides is 3. The summed E-state index contributed by atoms with van der Waals surface area (Å²) in [6.45, 7) is 5.94. The third-order valence-corrected chi connectivity index (χ3v) is 12.8. The van der Waals surface area contributed by atoms with Gasteiger partial charge in [-0.2, -0.15) is 21.6 Å². The van der Waals surface area contributed by atoms with Gasteiger partial charge in [0.25, 0.3) is 0 Å². The molecular formula is C30H39F3O8S. The molecular weight excluding hydrogens is 577 g/mol. The largest absolute Gasteiger partial charge is 0.534 e. The second-order valence-corrected chi connectivity index (χ2v) is 15.1. The summed E-state index contributed by atoms with van der Waals surface area (Å²) in [6, 6.07) is 5.92. The fourth-order valence-electron chi connectivity index (χ4n) is 10.3. The van der Waals surface area contributed by atoms with E-state index in [4.69, 9.17) is 18.9 Å². The molecule has 8 atom stereocenters. The molecule has 4 saturated carbocycles. The van der Waals surface area contributed by atoms with Crippen molar-refractivity contribution in [3.8, 4) is 5.75 Å². The molecule has 42 heavy (non-hydrogen) atoms. The molecule has 1 N–H and O–H groups in total. The van der Waals surface area contributed by atoms with E-state index in [0.717, 1.165) is 37.7 Å². The Morgan fingerprint density at radius 2 is 1.60 bits per heavy atom. The lowest BCUT2D eigenvalue weighted by Gasteiger charge is -2.64. The number of benzene rings is 1. The third kappa shape index (κ3) is 3.87. The molecule has 6 aliphatic rings. The fourth-order valence-corrected chi connectivity index (χ4v) is 10.7. The Labute approximate surface area is 244 Å². The Bertz CT molecular complexity index is 1310. The molecule has 0 aromatic heterocycles. The molecule has 2 saturated heterocycles. The lowest BCUT2D eigenvalue weighted by atomic mass is 9.43. The van der Waals surface area contributed by atoms with Crippen LogP contribution in [0.2, 0.25) is 0 Å². The summed E-state index contributed by atoms with van der Waals surface area (Å²) in [5.74, 6) is -2.01. The van der Waals surface area contributed by atoms with Crippen molar-refractivity contribution in [1.82, 2.24) is 0 Å². The second kappa shape index (κ2) is 9.53. The van der Waals surface area contributed by atoms with Crippen LogP contribution in [0.4, 0.5) is 13.2 Å². The van der Waals surface area contributed by atoms with Crippen molar-refractivity contribution in [2.45, 2.75) is 87.4 Å². The van der Waals surface area contributed by atoms with Gasteiger partial charge in [-0.1, -0.05) is 38.8 Å². The molecule has 234 valence electrons. The van der Waals surface area contributed by atoms with E-state index < -0.39 is 44.0 Å². The molecule has 0 radical (unpaired) electrons. The Morgan fingerprint density at radius 3 is 2.24 bits per heavy atom. The van der Waals surface area contributed by atoms with Crippen LogP contribution >= 0.6 is 0 Å². The number of fused-ring (bicyclic) bond motifs is 5. The van der Waals surface area contributed by atoms with Gasteiger partial charge >= 0.3 is 15.6 Å². The molecule has 7 rings (SSSR count). The lowest BCUT2D eigenvalue weighted by Crippen LogP contribution is -2.70. The minimum absolute atomic E-state index is 0.0550. The zero-order chi connectivity index (χ0) is 29.8. The van der Waals surface area contributed by atoms with Crippen molar-refractivity contribution >= 4 is 10.1 Å². The van der Waals surface area contributed by atoms with Gasteiger partial charge in [-0.05, 0) is 78.9 Å². The SMILES string of the molecule is C[C@@H]1C[C@@H]2[C@H]([C@@H](c3ccc(OS(=O)(=O)C(F)(F)F)cc3)C[C@@]3(C)[C@H]2CC24OCCOC23OCCO4)[C@H]2CCCC[C@]12O. The highest BCUT2D eigenvalue weighted by molar-refractivity contribution is 7.88. The maximum Gasteiger partial charge on any atom is 0.534 e. The number of halogens is 3. The van der Waals surface area contributed by atoms with Crippen LogP contribution in [0.25, 0.3) is 0 Å². The van der Waals surface area contributed by atoms with Gasteiger partial charge in [0.1, 0.15) is 5.75 Å². The van der Waals surface area contributed by atoms with E-state index in [0.29, 0.717) is 39.3 Å². The zero-order valence-corrected chi connectivity index (χ0v) is 24.7. The van der Waals surface area contributed by atoms with Crippen LogP contribution < -0.4 is 4.18 Å². The summed E-state index contributed by atoms with van der Waals surface area (Å²) in [4.78, 5) is 0. The Morgan fingerprint density at radius 1 is 0.952 bits per heavy atom. The van der Waals surface area contributed by atoms with Crippen LogP contribution in [-0.2, 0) is 29.1 Å². The molecule has 0 bridgehead atoms. The van der Waals surface area contributed by atoms with Crippen LogP contribution in [0.5, 0.6) is 5.75 Å². The first-order valence-corrected chi connectivity index (χ1v) is 16.6. The highest BCUT2D eigenvalue weighted by atomic mass is 32.2. The maximum atomic E-state index is 13.0. The van der Waals surface area contributed by atoms with Crippen molar-refractivity contribution in [2.75, 3.05) is 26.4 Å². The topological polar surface area (TPSA) is 101 Å². The monoisotopic (exact) mass is 616 g/mol. The lowest BCUT2D eigenvalue weighted by molar-refractivity contribution is -0.474. The minimum atomic E-state index is -5.78. The van der Waals surface area contributed by atoms with Crippen LogP contribution in [-0.4, -0.2) is 62.6 Å². The average molecular weight is 617 g/mol. The molecule has 0 amide bonds. The van der Waals surface area contributed by atoms with Gasteiger partial charge in [-0.15, -0.1) is 0 Å². The molecule has 12 heteroatoms. The summed E-state index contributed by atoms with van der Waals surface area (Å²) in [7, 11) is -5.78. The Kier molecular flexibility index (Phi) is 6.64. The summed E-state index contributed by atoms with van der Waals surface area (Å²) < 4.78 is 92.5. The van der Waals surface area contributed by atoms with Crippen molar-refractivity contribution in [2.24, 2.45) is 35.0 Å². The van der Waals surface area contributed by atoms with E-state index >= 15 is 0 Å². The smallest absolute Gasteiger partial charge is 0.389 e. The number of hydrogen-bond donors (Lipinski definition) is 1. The van der Waals surface area contributed by atoms with Crippen molar-refractivity contribution in [1.29, 1.82) is 0 Å². The molecule has 2 heterocycles. The van der Waals surface area contributed by atoms with E-state index in [1.165, 1.54) is 12.1 Å². The highest BCUT2D eigenvalue weighted by Crippen LogP contribution is 2.74. The van der Waals surface area contributed by atoms with Gasteiger partial charge in [0, 0.05) is 11.8 Å². The summed E-state index contributed by atoms with van der Waals surface area (Å²) in [5, 5.41) is 12.1. The molecule has 1 aromatic rings. The van der Waals surface area contributed by atoms with E-state index in [2.05, 4.69) is 18.0 Å². The van der Waals surface area contributed by atoms with Gasteiger partial charge in [0.15, 0.2) is 0 Å². The van der Waals surface area contributed by atoms with Crippen molar-refractivity contribution in [3.63, 3.8) is 0 Å². The fraction of sp³-hybridized carbons (Fsp3) is 0.800. The van der Waals surface area contributed by atoms with Crippen LogP contribution in [0, 0.1) is 35.0 Å². The summed E-state index contributed by atoms with van der Waals surface area (Å²) in [5.41, 5.74) is -5.96. The molecule has 4 aliphatic carbocycles. The van der Waals surface area contributed by atoms with Crippen LogP contribution in [0.3, 0.4) is 0 Å². The predicted octanol–water partition coefficient (Wildman–Crippen LogP) is 5.11. The van der Waals surface area contributed by atoms with E-state index in [9.17, 15) is 26.7 Å².